The molecule has 1 aromatic carbocycles. The lowest BCUT2D eigenvalue weighted by molar-refractivity contribution is 0.0237. The second-order valence-corrected chi connectivity index (χ2v) is 4.99. The number of carbonyl (C=O) groups is 1. The molecule has 2 aromatic rings. The first-order chi connectivity index (χ1) is 8.79. The van der Waals surface area contributed by atoms with Gasteiger partial charge in [0.25, 0.3) is 5.91 Å². The summed E-state index contributed by atoms with van der Waals surface area (Å²) >= 11 is 1.50. The summed E-state index contributed by atoms with van der Waals surface area (Å²) in [4.78, 5) is 18.8. The lowest BCUT2D eigenvalue weighted by atomic mass is 10.2. The van der Waals surface area contributed by atoms with Crippen molar-refractivity contribution in [3.8, 4) is 0 Å². The van der Waals surface area contributed by atoms with E-state index in [0.29, 0.717) is 11.5 Å². The molecular formula is C14H15NO2S. The third kappa shape index (κ3) is 3.42. The smallest absolute Gasteiger partial charge is 0.269 e. The molecule has 0 unspecified atom stereocenters. The largest absolute Gasteiger partial charge is 0.284 e. The zero-order valence-corrected chi connectivity index (χ0v) is 11.0. The van der Waals surface area contributed by atoms with E-state index >= 15 is 0 Å². The maximum absolute atomic E-state index is 11.7. The third-order valence-electron chi connectivity index (χ3n) is 2.48. The molecule has 0 spiro atoms. The Morgan fingerprint density at radius 3 is 2.67 bits per heavy atom. The summed E-state index contributed by atoms with van der Waals surface area (Å²) in [6.07, 6.45) is 0.947. The fourth-order valence-electron chi connectivity index (χ4n) is 1.50. The van der Waals surface area contributed by atoms with E-state index in [1.165, 1.54) is 16.2 Å². The molecule has 1 N–H and O–H groups in total. The molecule has 0 aliphatic rings. The second kappa shape index (κ2) is 6.33. The minimum atomic E-state index is -0.185. The molecule has 0 aliphatic carbocycles. The summed E-state index contributed by atoms with van der Waals surface area (Å²) < 4.78 is 0. The Labute approximate surface area is 110 Å². The predicted molar refractivity (Wildman–Crippen MR) is 72.4 cm³/mol. The minimum absolute atomic E-state index is 0.185. The van der Waals surface area contributed by atoms with Crippen LogP contribution in [0.25, 0.3) is 0 Å². The summed E-state index contributed by atoms with van der Waals surface area (Å²) in [5.41, 5.74) is 3.48. The Bertz CT molecular complexity index is 508. The fourth-order valence-corrected chi connectivity index (χ4v) is 2.33. The van der Waals surface area contributed by atoms with Crippen molar-refractivity contribution in [2.24, 2.45) is 0 Å². The summed E-state index contributed by atoms with van der Waals surface area (Å²) in [7, 11) is 0. The van der Waals surface area contributed by atoms with Crippen molar-refractivity contribution in [3.63, 3.8) is 0 Å². The highest BCUT2D eigenvalue weighted by Gasteiger charge is 2.08. The predicted octanol–water partition coefficient (Wildman–Crippen LogP) is 3.17. The lowest BCUT2D eigenvalue weighted by Gasteiger charge is -2.04. The number of carbonyl (C=O) groups excluding carboxylic acids is 1. The van der Waals surface area contributed by atoms with Gasteiger partial charge < -0.3 is 0 Å². The quantitative estimate of drug-likeness (QED) is 0.839. The van der Waals surface area contributed by atoms with E-state index in [-0.39, 0.29) is 5.91 Å². The Kier molecular flexibility index (Phi) is 4.50. The van der Waals surface area contributed by atoms with Gasteiger partial charge in [0.05, 0.1) is 11.5 Å². The molecule has 94 valence electrons. The Hall–Kier alpha value is -1.65. The number of amides is 1. The average Bonchev–Trinajstić information content (AvgIpc) is 2.89. The van der Waals surface area contributed by atoms with Gasteiger partial charge in [-0.1, -0.05) is 37.3 Å². The van der Waals surface area contributed by atoms with Gasteiger partial charge in [0.15, 0.2) is 0 Å². The van der Waals surface area contributed by atoms with E-state index in [2.05, 4.69) is 12.4 Å². The fraction of sp³-hybridized carbons (Fsp3) is 0.214. The zero-order valence-electron chi connectivity index (χ0n) is 10.2. The molecule has 0 aliphatic heterocycles. The molecule has 1 aromatic heterocycles. The van der Waals surface area contributed by atoms with Crippen LogP contribution in [0.15, 0.2) is 42.5 Å². The minimum Gasteiger partial charge on any atom is -0.269 e. The summed E-state index contributed by atoms with van der Waals surface area (Å²) in [5, 5.41) is 0. The number of hydrogen-bond acceptors (Lipinski definition) is 3. The zero-order chi connectivity index (χ0) is 12.8. The van der Waals surface area contributed by atoms with Crippen LogP contribution >= 0.6 is 11.3 Å². The van der Waals surface area contributed by atoms with Crippen LogP contribution in [0.5, 0.6) is 0 Å². The van der Waals surface area contributed by atoms with Gasteiger partial charge >= 0.3 is 0 Å². The van der Waals surface area contributed by atoms with Crippen molar-refractivity contribution in [2.45, 2.75) is 20.0 Å². The van der Waals surface area contributed by atoms with Gasteiger partial charge in [0.1, 0.15) is 0 Å². The molecule has 4 heteroatoms. The number of rotatable bonds is 5. The van der Waals surface area contributed by atoms with Gasteiger partial charge in [-0.25, -0.2) is 5.48 Å². The normalized spacial score (nSPS) is 10.3. The lowest BCUT2D eigenvalue weighted by Crippen LogP contribution is -2.22. The monoisotopic (exact) mass is 261 g/mol. The summed E-state index contributed by atoms with van der Waals surface area (Å²) in [6.45, 7) is 2.44. The highest BCUT2D eigenvalue weighted by atomic mass is 32.1. The molecule has 0 saturated carbocycles. The van der Waals surface area contributed by atoms with E-state index in [1.807, 2.05) is 42.5 Å². The first kappa shape index (κ1) is 12.8. The van der Waals surface area contributed by atoms with Gasteiger partial charge in [-0.2, -0.15) is 0 Å². The highest BCUT2D eigenvalue weighted by Crippen LogP contribution is 2.16. The van der Waals surface area contributed by atoms with Crippen molar-refractivity contribution in [2.75, 3.05) is 0 Å². The van der Waals surface area contributed by atoms with Crippen LogP contribution in [-0.4, -0.2) is 5.91 Å². The topological polar surface area (TPSA) is 38.3 Å². The standard InChI is InChI=1S/C14H15NO2S/c1-2-12-8-9-13(18-12)14(16)15-17-10-11-6-4-3-5-7-11/h3-9H,2,10H2,1H3,(H,15,16). The van der Waals surface area contributed by atoms with Gasteiger partial charge in [-0.15, -0.1) is 11.3 Å². The van der Waals surface area contributed by atoms with Gasteiger partial charge in [-0.05, 0) is 24.1 Å². The number of hydrogen-bond donors (Lipinski definition) is 1. The van der Waals surface area contributed by atoms with Crippen molar-refractivity contribution in [1.82, 2.24) is 5.48 Å². The van der Waals surface area contributed by atoms with Crippen LogP contribution in [0.3, 0.4) is 0 Å². The maximum Gasteiger partial charge on any atom is 0.284 e. The van der Waals surface area contributed by atoms with Gasteiger partial charge in [-0.3, -0.25) is 9.63 Å². The highest BCUT2D eigenvalue weighted by molar-refractivity contribution is 7.14. The molecule has 0 fully saturated rings. The molecule has 1 amide bonds. The van der Waals surface area contributed by atoms with E-state index in [9.17, 15) is 4.79 Å². The van der Waals surface area contributed by atoms with Crippen LogP contribution < -0.4 is 5.48 Å². The van der Waals surface area contributed by atoms with Gasteiger partial charge in [0.2, 0.25) is 0 Å². The van der Waals surface area contributed by atoms with Crippen LogP contribution in [-0.2, 0) is 17.9 Å². The Morgan fingerprint density at radius 2 is 2.00 bits per heavy atom. The van der Waals surface area contributed by atoms with Crippen LogP contribution in [0, 0.1) is 0 Å². The molecule has 3 nitrogen and oxygen atoms in total. The van der Waals surface area contributed by atoms with E-state index in [0.717, 1.165) is 12.0 Å². The number of thiophene rings is 1. The molecule has 2 rings (SSSR count). The molecular weight excluding hydrogens is 246 g/mol. The number of benzene rings is 1. The molecule has 0 saturated heterocycles. The molecule has 0 atom stereocenters. The van der Waals surface area contributed by atoms with Crippen LogP contribution in [0.1, 0.15) is 27.0 Å². The second-order valence-electron chi connectivity index (χ2n) is 3.82. The van der Waals surface area contributed by atoms with Gasteiger partial charge in [0, 0.05) is 4.88 Å². The van der Waals surface area contributed by atoms with Crippen molar-refractivity contribution in [1.29, 1.82) is 0 Å². The average molecular weight is 261 g/mol. The van der Waals surface area contributed by atoms with E-state index in [4.69, 9.17) is 4.84 Å². The van der Waals surface area contributed by atoms with E-state index in [1.54, 1.807) is 0 Å². The Balaban J connectivity index is 1.81. The van der Waals surface area contributed by atoms with Crippen molar-refractivity contribution >= 4 is 17.2 Å². The van der Waals surface area contributed by atoms with Crippen molar-refractivity contribution < 1.29 is 9.63 Å². The first-order valence-corrected chi connectivity index (χ1v) is 6.66. The third-order valence-corrected chi connectivity index (χ3v) is 3.71. The van der Waals surface area contributed by atoms with Crippen LogP contribution in [0.2, 0.25) is 0 Å². The SMILES string of the molecule is CCc1ccc(C(=O)NOCc2ccccc2)s1. The van der Waals surface area contributed by atoms with E-state index < -0.39 is 0 Å². The van der Waals surface area contributed by atoms with Crippen LogP contribution in [0.4, 0.5) is 0 Å². The molecule has 0 bridgehead atoms. The molecule has 18 heavy (non-hydrogen) atoms. The maximum atomic E-state index is 11.7. The summed E-state index contributed by atoms with van der Waals surface area (Å²) in [6, 6.07) is 13.5. The number of aryl methyl sites for hydroxylation is 1. The number of nitrogens with one attached hydrogen (secondary N) is 1. The first-order valence-electron chi connectivity index (χ1n) is 5.84. The summed E-state index contributed by atoms with van der Waals surface area (Å²) in [5.74, 6) is -0.185. The number of hydroxylamine groups is 1. The molecule has 1 heterocycles. The molecule has 0 radical (unpaired) electrons. The van der Waals surface area contributed by atoms with Crippen molar-refractivity contribution in [3.05, 3.63) is 57.8 Å². The Morgan fingerprint density at radius 1 is 1.22 bits per heavy atom.